The average molecular weight is 270 g/mol. The first-order valence-corrected chi connectivity index (χ1v) is 5.83. The van der Waals surface area contributed by atoms with Gasteiger partial charge in [-0.15, -0.1) is 0 Å². The van der Waals surface area contributed by atoms with E-state index >= 15 is 0 Å². The number of halogens is 3. The molecule has 0 atom stereocenters. The molecule has 0 radical (unpaired) electrons. The van der Waals surface area contributed by atoms with Crippen LogP contribution < -0.4 is 5.73 Å². The number of nitrogens with zero attached hydrogens (tertiary/aromatic N) is 1. The van der Waals surface area contributed by atoms with Crippen molar-refractivity contribution in [3.8, 4) is 11.3 Å². The van der Waals surface area contributed by atoms with Crippen molar-refractivity contribution in [1.82, 2.24) is 4.98 Å². The fraction of sp³-hybridized carbons (Fsp3) is 0.308. The molecule has 1 aromatic carbocycles. The average Bonchev–Trinajstić information content (AvgIpc) is 2.84. The molecule has 0 aliphatic rings. The maximum atomic E-state index is 12.6. The van der Waals surface area contributed by atoms with Gasteiger partial charge in [0.15, 0.2) is 11.7 Å². The van der Waals surface area contributed by atoms with E-state index in [0.29, 0.717) is 30.2 Å². The zero-order valence-corrected chi connectivity index (χ0v) is 10.1. The van der Waals surface area contributed by atoms with E-state index in [1.807, 2.05) is 0 Å². The highest BCUT2D eigenvalue weighted by Crippen LogP contribution is 2.32. The van der Waals surface area contributed by atoms with Crippen molar-refractivity contribution in [3.63, 3.8) is 0 Å². The minimum atomic E-state index is -4.36. The van der Waals surface area contributed by atoms with Gasteiger partial charge < -0.3 is 10.2 Å². The molecule has 2 N–H and O–H groups in total. The van der Waals surface area contributed by atoms with Gasteiger partial charge in [-0.3, -0.25) is 0 Å². The lowest BCUT2D eigenvalue weighted by Gasteiger charge is -2.07. The first kappa shape index (κ1) is 13.6. The molecule has 0 saturated carbocycles. The second-order valence-corrected chi connectivity index (χ2v) is 4.09. The molecular weight excluding hydrogens is 257 g/mol. The Hall–Kier alpha value is -1.82. The van der Waals surface area contributed by atoms with Crippen LogP contribution in [0.4, 0.5) is 13.2 Å². The molecule has 2 rings (SSSR count). The van der Waals surface area contributed by atoms with Gasteiger partial charge in [-0.25, -0.2) is 4.98 Å². The molecule has 0 amide bonds. The molecule has 0 unspecified atom stereocenters. The van der Waals surface area contributed by atoms with E-state index in [-0.39, 0.29) is 0 Å². The van der Waals surface area contributed by atoms with Crippen LogP contribution in [-0.4, -0.2) is 11.5 Å². The number of aryl methyl sites for hydroxylation is 1. The van der Waals surface area contributed by atoms with Crippen molar-refractivity contribution >= 4 is 0 Å². The molecule has 0 spiro atoms. The Morgan fingerprint density at radius 2 is 2.05 bits per heavy atom. The normalized spacial score (nSPS) is 11.8. The number of rotatable bonds is 4. The summed E-state index contributed by atoms with van der Waals surface area (Å²) in [6.45, 7) is 0.515. The number of alkyl halides is 3. The first-order valence-electron chi connectivity index (χ1n) is 5.83. The molecule has 6 heteroatoms. The van der Waals surface area contributed by atoms with Crippen LogP contribution in [0.2, 0.25) is 0 Å². The third-order valence-electron chi connectivity index (χ3n) is 2.62. The van der Waals surface area contributed by atoms with Crippen molar-refractivity contribution in [2.45, 2.75) is 19.0 Å². The monoisotopic (exact) mass is 270 g/mol. The van der Waals surface area contributed by atoms with E-state index in [9.17, 15) is 13.2 Å². The van der Waals surface area contributed by atoms with Crippen molar-refractivity contribution in [2.24, 2.45) is 5.73 Å². The summed E-state index contributed by atoms with van der Waals surface area (Å²) in [6, 6.07) is 4.98. The zero-order chi connectivity index (χ0) is 13.9. The molecule has 2 aromatic rings. The number of hydrogen-bond acceptors (Lipinski definition) is 3. The third-order valence-corrected chi connectivity index (χ3v) is 2.62. The largest absolute Gasteiger partial charge is 0.441 e. The molecular formula is C13H13F3N2O. The van der Waals surface area contributed by atoms with Crippen LogP contribution >= 0.6 is 0 Å². The highest BCUT2D eigenvalue weighted by atomic mass is 19.4. The predicted molar refractivity (Wildman–Crippen MR) is 64.3 cm³/mol. The van der Waals surface area contributed by atoms with Gasteiger partial charge in [-0.1, -0.05) is 12.1 Å². The number of benzene rings is 1. The lowest BCUT2D eigenvalue weighted by molar-refractivity contribution is -0.137. The van der Waals surface area contributed by atoms with E-state index in [2.05, 4.69) is 4.98 Å². The summed E-state index contributed by atoms with van der Waals surface area (Å²) in [7, 11) is 0. The Bertz CT molecular complexity index is 549. The maximum absolute atomic E-state index is 12.6. The number of hydrogen-bond donors (Lipinski definition) is 1. The van der Waals surface area contributed by atoms with E-state index in [4.69, 9.17) is 10.2 Å². The first-order chi connectivity index (χ1) is 9.00. The minimum absolute atomic E-state index is 0.332. The van der Waals surface area contributed by atoms with Crippen LogP contribution in [-0.2, 0) is 12.6 Å². The Balaban J connectivity index is 2.24. The molecule has 3 nitrogen and oxygen atoms in total. The molecule has 0 bridgehead atoms. The molecule has 0 fully saturated rings. The smallest absolute Gasteiger partial charge is 0.416 e. The molecule has 1 heterocycles. The third kappa shape index (κ3) is 3.35. The van der Waals surface area contributed by atoms with Gasteiger partial charge >= 0.3 is 6.18 Å². The van der Waals surface area contributed by atoms with Gasteiger partial charge in [0.05, 0.1) is 11.8 Å². The van der Waals surface area contributed by atoms with E-state index < -0.39 is 11.7 Å². The van der Waals surface area contributed by atoms with Crippen molar-refractivity contribution in [1.29, 1.82) is 0 Å². The summed E-state index contributed by atoms with van der Waals surface area (Å²) in [5.74, 6) is 0.816. The van der Waals surface area contributed by atoms with Crippen LogP contribution in [0.15, 0.2) is 34.9 Å². The summed E-state index contributed by atoms with van der Waals surface area (Å²) in [4.78, 5) is 4.02. The summed E-state index contributed by atoms with van der Waals surface area (Å²) < 4.78 is 43.2. The van der Waals surface area contributed by atoms with Gasteiger partial charge in [0.1, 0.15) is 0 Å². The topological polar surface area (TPSA) is 52.0 Å². The Morgan fingerprint density at radius 1 is 1.26 bits per heavy atom. The predicted octanol–water partition coefficient (Wildman–Crippen LogP) is 3.25. The fourth-order valence-electron chi connectivity index (χ4n) is 1.66. The van der Waals surface area contributed by atoms with Crippen LogP contribution in [0, 0.1) is 0 Å². The minimum Gasteiger partial charge on any atom is -0.441 e. The Labute approximate surface area is 108 Å². The lowest BCUT2D eigenvalue weighted by atomic mass is 10.1. The maximum Gasteiger partial charge on any atom is 0.416 e. The van der Waals surface area contributed by atoms with Gasteiger partial charge in [0.25, 0.3) is 0 Å². The van der Waals surface area contributed by atoms with Gasteiger partial charge in [-0.2, -0.15) is 13.2 Å². The molecule has 1 aromatic heterocycles. The quantitative estimate of drug-likeness (QED) is 0.927. The van der Waals surface area contributed by atoms with Crippen LogP contribution in [0.5, 0.6) is 0 Å². The number of aromatic nitrogens is 1. The summed E-state index contributed by atoms with van der Waals surface area (Å²) >= 11 is 0. The zero-order valence-electron chi connectivity index (χ0n) is 10.1. The van der Waals surface area contributed by atoms with Crippen LogP contribution in [0.3, 0.4) is 0 Å². The fourth-order valence-corrected chi connectivity index (χ4v) is 1.66. The number of nitrogens with two attached hydrogens (primary N) is 1. The lowest BCUT2D eigenvalue weighted by Crippen LogP contribution is -2.04. The SMILES string of the molecule is NCCCc1ncc(-c2cccc(C(F)(F)F)c2)o1. The van der Waals surface area contributed by atoms with Crippen molar-refractivity contribution in [3.05, 3.63) is 41.9 Å². The van der Waals surface area contributed by atoms with Crippen molar-refractivity contribution < 1.29 is 17.6 Å². The highest BCUT2D eigenvalue weighted by Gasteiger charge is 2.30. The molecule has 0 saturated heterocycles. The summed E-state index contributed by atoms with van der Waals surface area (Å²) in [5, 5.41) is 0. The molecule has 0 aliphatic heterocycles. The highest BCUT2D eigenvalue weighted by molar-refractivity contribution is 5.57. The van der Waals surface area contributed by atoms with Crippen LogP contribution in [0.1, 0.15) is 17.9 Å². The Morgan fingerprint density at radius 3 is 2.74 bits per heavy atom. The second-order valence-electron chi connectivity index (χ2n) is 4.09. The standard InChI is InChI=1S/C13H13F3N2O/c14-13(15,16)10-4-1-3-9(7-10)11-8-18-12(19-11)5-2-6-17/h1,3-4,7-8H,2,5-6,17H2. The van der Waals surface area contributed by atoms with Crippen LogP contribution in [0.25, 0.3) is 11.3 Å². The number of oxazole rings is 1. The molecule has 102 valence electrons. The summed E-state index contributed by atoms with van der Waals surface area (Å²) in [5.41, 5.74) is 5.03. The van der Waals surface area contributed by atoms with E-state index in [0.717, 1.165) is 18.6 Å². The van der Waals surface area contributed by atoms with E-state index in [1.165, 1.54) is 12.3 Å². The summed E-state index contributed by atoms with van der Waals surface area (Å²) in [6.07, 6.45) is -1.63. The van der Waals surface area contributed by atoms with Crippen molar-refractivity contribution in [2.75, 3.05) is 6.54 Å². The Kier molecular flexibility index (Phi) is 3.90. The molecule has 0 aliphatic carbocycles. The van der Waals surface area contributed by atoms with E-state index in [1.54, 1.807) is 6.07 Å². The second kappa shape index (κ2) is 5.44. The van der Waals surface area contributed by atoms with Gasteiger partial charge in [0.2, 0.25) is 0 Å². The molecule has 19 heavy (non-hydrogen) atoms. The van der Waals surface area contributed by atoms with Gasteiger partial charge in [-0.05, 0) is 25.1 Å². The van der Waals surface area contributed by atoms with Gasteiger partial charge in [0, 0.05) is 12.0 Å².